The van der Waals surface area contributed by atoms with Crippen LogP contribution in [0, 0.1) is 11.3 Å². The van der Waals surface area contributed by atoms with Crippen LogP contribution >= 0.6 is 0 Å². The van der Waals surface area contributed by atoms with Crippen molar-refractivity contribution in [2.24, 2.45) is 0 Å². The predicted octanol–water partition coefficient (Wildman–Crippen LogP) is 7.35. The van der Waals surface area contributed by atoms with Crippen LogP contribution in [0.4, 0.5) is 0 Å². The number of amides is 1. The van der Waals surface area contributed by atoms with Crippen LogP contribution in [0.3, 0.4) is 0 Å². The molecule has 0 unspecified atom stereocenters. The number of nitriles is 1. The molecule has 1 amide bonds. The number of methoxy groups -OCH3 is 1. The smallest absolute Gasteiger partial charge is 0.251 e. The molecule has 178 valence electrons. The van der Waals surface area contributed by atoms with Crippen molar-refractivity contribution in [1.29, 1.82) is 5.26 Å². The molecule has 0 bridgehead atoms. The summed E-state index contributed by atoms with van der Waals surface area (Å²) in [6.07, 6.45) is 3.81. The van der Waals surface area contributed by atoms with Gasteiger partial charge in [0, 0.05) is 24.4 Å². The molecule has 34 heavy (non-hydrogen) atoms. The Balaban J connectivity index is 0.000000202. The van der Waals surface area contributed by atoms with Gasteiger partial charge in [-0.25, -0.2) is 0 Å². The first-order valence-electron chi connectivity index (χ1n) is 12.1. The van der Waals surface area contributed by atoms with Crippen molar-refractivity contribution in [1.82, 2.24) is 5.32 Å². The number of carbonyl (C=O) groups excluding carboxylic acids is 1. The molecule has 0 atom stereocenters. The van der Waals surface area contributed by atoms with Crippen molar-refractivity contribution in [3.63, 3.8) is 0 Å². The lowest BCUT2D eigenvalue weighted by molar-refractivity contribution is 0.0953. The molecule has 3 aromatic rings. The molecule has 0 saturated carbocycles. The zero-order chi connectivity index (χ0) is 24.8. The quantitative estimate of drug-likeness (QED) is 0.422. The van der Waals surface area contributed by atoms with Gasteiger partial charge in [-0.1, -0.05) is 69.3 Å². The number of hydrogen-bond donors (Lipinski definition) is 1. The maximum absolute atomic E-state index is 11.5. The summed E-state index contributed by atoms with van der Waals surface area (Å²) >= 11 is 0. The summed E-state index contributed by atoms with van der Waals surface area (Å²) in [5, 5.41) is 10.6. The van der Waals surface area contributed by atoms with Gasteiger partial charge in [-0.3, -0.25) is 4.79 Å². The fourth-order valence-corrected chi connectivity index (χ4v) is 3.89. The zero-order valence-corrected chi connectivity index (χ0v) is 20.8. The third kappa shape index (κ3) is 7.22. The minimum atomic E-state index is -0.0329. The number of rotatable bonds is 6. The number of hydrogen-bond acceptors (Lipinski definition) is 3. The average molecular weight is 457 g/mol. The highest BCUT2D eigenvalue weighted by Gasteiger charge is 2.25. The van der Waals surface area contributed by atoms with Crippen molar-refractivity contribution in [3.05, 3.63) is 89.5 Å². The lowest BCUT2D eigenvalue weighted by Crippen LogP contribution is -2.23. The molecular formula is C30H36N2O2. The molecule has 4 nitrogen and oxygen atoms in total. The van der Waals surface area contributed by atoms with Gasteiger partial charge in [0.05, 0.1) is 13.2 Å². The van der Waals surface area contributed by atoms with Crippen LogP contribution in [0.2, 0.25) is 0 Å². The van der Waals surface area contributed by atoms with Crippen LogP contribution < -0.4 is 10.1 Å². The van der Waals surface area contributed by atoms with E-state index >= 15 is 0 Å². The van der Waals surface area contributed by atoms with Crippen molar-refractivity contribution in [3.8, 4) is 22.9 Å². The summed E-state index contributed by atoms with van der Waals surface area (Å²) in [4.78, 5) is 11.5. The molecule has 0 saturated heterocycles. The second-order valence-electron chi connectivity index (χ2n) is 8.03. The molecule has 0 fully saturated rings. The van der Waals surface area contributed by atoms with E-state index in [0.29, 0.717) is 24.4 Å². The van der Waals surface area contributed by atoms with E-state index in [0.717, 1.165) is 18.6 Å². The Morgan fingerprint density at radius 3 is 1.85 bits per heavy atom. The summed E-state index contributed by atoms with van der Waals surface area (Å²) in [5.41, 5.74) is 6.53. The lowest BCUT2D eigenvalue weighted by atomic mass is 9.95. The summed E-state index contributed by atoms with van der Waals surface area (Å²) < 4.78 is 5.00. The van der Waals surface area contributed by atoms with Crippen molar-refractivity contribution in [2.75, 3.05) is 13.7 Å². The van der Waals surface area contributed by atoms with Crippen LogP contribution in [0.1, 0.15) is 73.9 Å². The number of carbonyl (C=O) groups is 1. The second-order valence-corrected chi connectivity index (χ2v) is 8.03. The first kappa shape index (κ1) is 26.7. The fraction of sp³-hybridized carbons (Fsp3) is 0.333. The number of unbranched alkanes of at least 4 members (excludes halogenated alkanes) is 1. The molecule has 0 radical (unpaired) electrons. The van der Waals surface area contributed by atoms with Gasteiger partial charge >= 0.3 is 0 Å². The Hall–Kier alpha value is -3.58. The molecule has 0 aromatic heterocycles. The molecule has 1 aliphatic carbocycles. The SMILES string of the molecule is CCC1c2ccccc2-c2ccccc21.CCCC#N.CCCNC(=O)c1ccc(OC)cc1. The van der Waals surface area contributed by atoms with E-state index in [1.807, 2.05) is 19.9 Å². The Bertz CT molecular complexity index is 1020. The minimum Gasteiger partial charge on any atom is -0.497 e. The van der Waals surface area contributed by atoms with E-state index in [2.05, 4.69) is 60.8 Å². The third-order valence-corrected chi connectivity index (χ3v) is 5.62. The molecule has 4 rings (SSSR count). The summed E-state index contributed by atoms with van der Waals surface area (Å²) in [7, 11) is 1.60. The van der Waals surface area contributed by atoms with E-state index in [1.165, 1.54) is 28.7 Å². The molecule has 4 heteroatoms. The Morgan fingerprint density at radius 1 is 0.882 bits per heavy atom. The van der Waals surface area contributed by atoms with Gasteiger partial charge in [0.15, 0.2) is 0 Å². The first-order chi connectivity index (χ1) is 16.6. The Morgan fingerprint density at radius 2 is 1.44 bits per heavy atom. The topological polar surface area (TPSA) is 62.1 Å². The van der Waals surface area contributed by atoms with Crippen LogP contribution in [0.5, 0.6) is 5.75 Å². The second kappa shape index (κ2) is 14.5. The predicted molar refractivity (Wildman–Crippen MR) is 140 cm³/mol. The van der Waals surface area contributed by atoms with Gasteiger partial charge in [-0.05, 0) is 65.8 Å². The molecule has 0 heterocycles. The monoisotopic (exact) mass is 456 g/mol. The van der Waals surface area contributed by atoms with Crippen LogP contribution in [0.25, 0.3) is 11.1 Å². The highest BCUT2D eigenvalue weighted by atomic mass is 16.5. The number of nitrogens with zero attached hydrogens (tertiary/aromatic N) is 1. The van der Waals surface area contributed by atoms with Gasteiger partial charge in [0.2, 0.25) is 0 Å². The van der Waals surface area contributed by atoms with Gasteiger partial charge in [-0.15, -0.1) is 0 Å². The standard InChI is InChI=1S/C15H14.C11H15NO2.C4H7N/c1-2-11-12-7-3-5-9-14(12)15-10-6-4-8-13(11)15;1-3-8-12-11(13)9-4-6-10(14-2)7-5-9;1-2-3-4-5/h3-11H,2H2,1H3;4-7H,3,8H2,1-2H3,(H,12,13);2-3H2,1H3. The van der Waals surface area contributed by atoms with E-state index < -0.39 is 0 Å². The number of ether oxygens (including phenoxy) is 1. The summed E-state index contributed by atoms with van der Waals surface area (Å²) in [6.45, 7) is 6.99. The van der Waals surface area contributed by atoms with Crippen molar-refractivity contribution in [2.45, 2.75) is 52.4 Å². The van der Waals surface area contributed by atoms with Crippen LogP contribution in [0.15, 0.2) is 72.8 Å². The molecule has 1 N–H and O–H groups in total. The Kier molecular flexibility index (Phi) is 11.4. The van der Waals surface area contributed by atoms with E-state index in [1.54, 1.807) is 31.4 Å². The maximum atomic E-state index is 11.5. The van der Waals surface area contributed by atoms with Gasteiger partial charge in [0.1, 0.15) is 5.75 Å². The fourth-order valence-electron chi connectivity index (χ4n) is 3.89. The molecule has 0 spiro atoms. The lowest BCUT2D eigenvalue weighted by Gasteiger charge is -2.09. The minimum absolute atomic E-state index is 0.0329. The number of nitrogens with one attached hydrogen (secondary N) is 1. The zero-order valence-electron chi connectivity index (χ0n) is 20.8. The van der Waals surface area contributed by atoms with Crippen LogP contribution in [-0.2, 0) is 0 Å². The van der Waals surface area contributed by atoms with E-state index in [-0.39, 0.29) is 5.91 Å². The highest BCUT2D eigenvalue weighted by molar-refractivity contribution is 5.94. The van der Waals surface area contributed by atoms with Crippen molar-refractivity contribution < 1.29 is 9.53 Å². The third-order valence-electron chi connectivity index (χ3n) is 5.62. The van der Waals surface area contributed by atoms with Crippen LogP contribution in [-0.4, -0.2) is 19.6 Å². The number of fused-ring (bicyclic) bond motifs is 3. The van der Waals surface area contributed by atoms with E-state index in [9.17, 15) is 4.79 Å². The highest BCUT2D eigenvalue weighted by Crippen LogP contribution is 2.45. The largest absolute Gasteiger partial charge is 0.497 e. The van der Waals surface area contributed by atoms with Crippen molar-refractivity contribution >= 4 is 5.91 Å². The molecular weight excluding hydrogens is 420 g/mol. The first-order valence-corrected chi connectivity index (χ1v) is 12.1. The Labute approximate surface area is 204 Å². The molecule has 0 aliphatic heterocycles. The molecule has 3 aromatic carbocycles. The van der Waals surface area contributed by atoms with E-state index in [4.69, 9.17) is 10.00 Å². The van der Waals surface area contributed by atoms with Gasteiger partial charge in [-0.2, -0.15) is 5.26 Å². The molecule has 1 aliphatic rings. The normalized spacial score (nSPS) is 10.9. The van der Waals surface area contributed by atoms with Gasteiger partial charge in [0.25, 0.3) is 5.91 Å². The average Bonchev–Trinajstić information content (AvgIpc) is 3.22. The number of benzene rings is 3. The summed E-state index contributed by atoms with van der Waals surface area (Å²) in [6, 6.07) is 26.7. The summed E-state index contributed by atoms with van der Waals surface area (Å²) in [5.74, 6) is 1.34. The maximum Gasteiger partial charge on any atom is 0.251 e. The van der Waals surface area contributed by atoms with Gasteiger partial charge < -0.3 is 10.1 Å².